The molecule has 2 fully saturated rings. The summed E-state index contributed by atoms with van der Waals surface area (Å²) in [6.07, 6.45) is 5.86. The quantitative estimate of drug-likeness (QED) is 0.451. The van der Waals surface area contributed by atoms with Crippen LogP contribution in [0, 0.1) is 23.2 Å². The molecule has 2 aromatic heterocycles. The highest BCUT2D eigenvalue weighted by Crippen LogP contribution is 2.57. The fourth-order valence-corrected chi connectivity index (χ4v) is 8.07. The van der Waals surface area contributed by atoms with Gasteiger partial charge in [-0.1, -0.05) is 20.8 Å². The number of thiazole rings is 1. The van der Waals surface area contributed by atoms with Crippen LogP contribution in [0.1, 0.15) is 50.1 Å². The first-order chi connectivity index (χ1) is 17.4. The number of pyridine rings is 1. The Morgan fingerprint density at radius 2 is 2.19 bits per heavy atom. The van der Waals surface area contributed by atoms with Crippen LogP contribution in [0.4, 0.5) is 10.8 Å². The average molecular weight is 515 g/mol. The number of fused-ring (bicyclic) bond motifs is 2. The number of hydrogen-bond acceptors (Lipinski definition) is 7. The maximum atomic E-state index is 13.0. The molecule has 1 saturated carbocycles. The molecule has 8 nitrogen and oxygen atoms in total. The van der Waals surface area contributed by atoms with E-state index in [2.05, 4.69) is 29.5 Å². The molecule has 0 aromatic carbocycles. The Kier molecular flexibility index (Phi) is 7.62. The summed E-state index contributed by atoms with van der Waals surface area (Å²) < 4.78 is 5.42. The predicted molar refractivity (Wildman–Crippen MR) is 141 cm³/mol. The number of aliphatic hydroxyl groups is 1. The number of aromatic nitrogens is 2. The summed E-state index contributed by atoms with van der Waals surface area (Å²) in [6, 6.07) is 3.90. The van der Waals surface area contributed by atoms with Gasteiger partial charge >= 0.3 is 0 Å². The maximum absolute atomic E-state index is 13.0. The molecular weight excluding hydrogens is 474 g/mol. The Balaban J connectivity index is 1.24. The van der Waals surface area contributed by atoms with Crippen molar-refractivity contribution in [2.75, 3.05) is 44.7 Å². The van der Waals surface area contributed by atoms with Crippen molar-refractivity contribution in [3.05, 3.63) is 35.1 Å². The van der Waals surface area contributed by atoms with Crippen molar-refractivity contribution < 1.29 is 19.5 Å². The Bertz CT molecular complexity index is 1040. The average Bonchev–Trinajstić information content (AvgIpc) is 3.26. The van der Waals surface area contributed by atoms with Crippen molar-refractivity contribution in [2.45, 2.75) is 52.1 Å². The number of quaternary nitrogens is 1. The number of rotatable bonds is 7. The summed E-state index contributed by atoms with van der Waals surface area (Å²) in [6.45, 7) is 11.7. The van der Waals surface area contributed by atoms with E-state index in [0.717, 1.165) is 68.6 Å². The lowest BCUT2D eigenvalue weighted by molar-refractivity contribution is -0.906. The number of morpholine rings is 1. The lowest BCUT2D eigenvalue weighted by atomic mass is 9.53. The number of carbonyl (C=O) groups is 1. The fourth-order valence-electron chi connectivity index (χ4n) is 6.79. The predicted octanol–water partition coefficient (Wildman–Crippen LogP) is 2.00. The number of amides is 1. The van der Waals surface area contributed by atoms with E-state index < -0.39 is 6.10 Å². The highest BCUT2D eigenvalue weighted by molar-refractivity contribution is 7.15. The number of carbonyl (C=O) groups excluding carboxylic acids is 1. The van der Waals surface area contributed by atoms with E-state index >= 15 is 0 Å². The highest BCUT2D eigenvalue weighted by atomic mass is 32.1. The summed E-state index contributed by atoms with van der Waals surface area (Å²) >= 11 is 1.72. The Morgan fingerprint density at radius 3 is 2.94 bits per heavy atom. The number of nitrogens with one attached hydrogen (secondary N) is 3. The van der Waals surface area contributed by atoms with Gasteiger partial charge in [0.15, 0.2) is 5.13 Å². The number of hydrogen-bond donors (Lipinski definition) is 4. The van der Waals surface area contributed by atoms with E-state index in [1.54, 1.807) is 23.7 Å². The molecule has 1 saturated heterocycles. The van der Waals surface area contributed by atoms with Gasteiger partial charge < -0.3 is 25.4 Å². The van der Waals surface area contributed by atoms with Crippen molar-refractivity contribution in [3.63, 3.8) is 0 Å². The molecule has 4 N–H and O–H groups in total. The SMILES string of the molecule is C[C@H](C(=O)NCC[NH+]1CCOCC1)[C@@H]1CC[C@@]2(C)Cc3sc(Nc4cccnc4)nc3[C@@H](C)[C@@H]2[C@H]1O. The smallest absolute Gasteiger partial charge is 0.223 e. The molecule has 1 amide bonds. The molecule has 196 valence electrons. The first-order valence-electron chi connectivity index (χ1n) is 13.4. The Labute approximate surface area is 217 Å². The van der Waals surface area contributed by atoms with E-state index in [0.29, 0.717) is 6.54 Å². The normalized spacial score (nSPS) is 31.2. The fraction of sp³-hybridized carbons (Fsp3) is 0.667. The molecule has 2 aliphatic carbocycles. The molecule has 0 spiro atoms. The van der Waals surface area contributed by atoms with Gasteiger partial charge in [-0.05, 0) is 48.6 Å². The van der Waals surface area contributed by atoms with Gasteiger partial charge in [0, 0.05) is 22.9 Å². The monoisotopic (exact) mass is 514 g/mol. The molecule has 5 rings (SSSR count). The number of ether oxygens (including phenoxy) is 1. The number of anilines is 2. The van der Waals surface area contributed by atoms with E-state index in [4.69, 9.17) is 9.72 Å². The standard InChI is InChI=1S/C27H39N5O3S/c1-17(25(34)29-9-10-32-11-13-35-14-12-32)20-6-7-27(3)15-21-23(18(2)22(27)24(20)33)31-26(36-21)30-19-5-4-8-28-16-19/h4-5,8,16-18,20,22,24,33H,6-7,9-15H2,1-3H3,(H,29,34)(H,30,31)/p+1/t17-,18-,20-,22+,24-,27-/m0/s1. The minimum atomic E-state index is -0.519. The van der Waals surface area contributed by atoms with E-state index in [-0.39, 0.29) is 35.0 Å². The van der Waals surface area contributed by atoms with Crippen LogP contribution in [0.15, 0.2) is 24.5 Å². The maximum Gasteiger partial charge on any atom is 0.223 e. The van der Waals surface area contributed by atoms with Gasteiger partial charge in [0.25, 0.3) is 0 Å². The summed E-state index contributed by atoms with van der Waals surface area (Å²) in [5, 5.41) is 19.1. The summed E-state index contributed by atoms with van der Waals surface area (Å²) in [4.78, 5) is 25.0. The van der Waals surface area contributed by atoms with Crippen molar-refractivity contribution in [2.24, 2.45) is 23.2 Å². The molecule has 36 heavy (non-hydrogen) atoms. The summed E-state index contributed by atoms with van der Waals surface area (Å²) in [5.74, 6) is 0.0455. The zero-order valence-corrected chi connectivity index (χ0v) is 22.4. The third-order valence-electron chi connectivity index (χ3n) is 8.87. The molecule has 0 unspecified atom stereocenters. The Morgan fingerprint density at radius 1 is 1.39 bits per heavy atom. The van der Waals surface area contributed by atoms with Crippen molar-refractivity contribution in [1.29, 1.82) is 0 Å². The van der Waals surface area contributed by atoms with Gasteiger partial charge in [-0.2, -0.15) is 0 Å². The Hall–Kier alpha value is -2.07. The summed E-state index contributed by atoms with van der Waals surface area (Å²) in [5.41, 5.74) is 2.03. The van der Waals surface area contributed by atoms with Crippen LogP contribution >= 0.6 is 11.3 Å². The molecule has 1 aliphatic heterocycles. The van der Waals surface area contributed by atoms with Crippen LogP contribution in [0.5, 0.6) is 0 Å². The molecule has 3 heterocycles. The topological polar surface area (TPSA) is 101 Å². The lowest BCUT2D eigenvalue weighted by Crippen LogP contribution is -3.14. The van der Waals surface area contributed by atoms with Gasteiger partial charge in [0.2, 0.25) is 5.91 Å². The van der Waals surface area contributed by atoms with Gasteiger partial charge in [-0.3, -0.25) is 9.78 Å². The van der Waals surface area contributed by atoms with Gasteiger partial charge in [0.05, 0.1) is 50.0 Å². The number of aliphatic hydroxyl groups excluding tert-OH is 1. The van der Waals surface area contributed by atoms with Gasteiger partial charge in [-0.25, -0.2) is 4.98 Å². The third kappa shape index (κ3) is 5.16. The zero-order chi connectivity index (χ0) is 25.3. The molecule has 9 heteroatoms. The van der Waals surface area contributed by atoms with Crippen LogP contribution in [0.3, 0.4) is 0 Å². The lowest BCUT2D eigenvalue weighted by Gasteiger charge is -2.53. The highest BCUT2D eigenvalue weighted by Gasteiger charge is 2.53. The van der Waals surface area contributed by atoms with Crippen molar-refractivity contribution >= 4 is 28.1 Å². The molecule has 3 aliphatic rings. The van der Waals surface area contributed by atoms with E-state index in [1.165, 1.54) is 9.78 Å². The minimum Gasteiger partial charge on any atom is -0.392 e. The van der Waals surface area contributed by atoms with Crippen LogP contribution < -0.4 is 15.5 Å². The second kappa shape index (κ2) is 10.7. The first kappa shape index (κ1) is 25.6. The summed E-state index contributed by atoms with van der Waals surface area (Å²) in [7, 11) is 0. The second-order valence-corrected chi connectivity index (χ2v) is 12.3. The largest absolute Gasteiger partial charge is 0.392 e. The second-order valence-electron chi connectivity index (χ2n) is 11.2. The zero-order valence-electron chi connectivity index (χ0n) is 21.6. The number of nitrogens with zero attached hydrogens (tertiary/aromatic N) is 2. The molecule has 2 aromatic rings. The van der Waals surface area contributed by atoms with E-state index in [9.17, 15) is 9.90 Å². The molecular formula is C27H40N5O3S+. The van der Waals surface area contributed by atoms with Crippen LogP contribution in [0.25, 0.3) is 0 Å². The van der Waals surface area contributed by atoms with Crippen LogP contribution in [-0.2, 0) is 16.0 Å². The van der Waals surface area contributed by atoms with E-state index in [1.807, 2.05) is 19.1 Å². The third-order valence-corrected chi connectivity index (χ3v) is 9.85. The minimum absolute atomic E-state index is 0.0102. The van der Waals surface area contributed by atoms with Gasteiger partial charge in [0.1, 0.15) is 13.1 Å². The van der Waals surface area contributed by atoms with Crippen LogP contribution in [-0.4, -0.2) is 66.5 Å². The molecule has 0 bridgehead atoms. The van der Waals surface area contributed by atoms with Gasteiger partial charge in [-0.15, -0.1) is 11.3 Å². The van der Waals surface area contributed by atoms with Crippen molar-refractivity contribution in [3.8, 4) is 0 Å². The van der Waals surface area contributed by atoms with Crippen LogP contribution in [0.2, 0.25) is 0 Å². The van der Waals surface area contributed by atoms with Crippen molar-refractivity contribution in [1.82, 2.24) is 15.3 Å². The first-order valence-corrected chi connectivity index (χ1v) is 14.2. The molecule has 6 atom stereocenters. The molecule has 0 radical (unpaired) electrons.